The highest BCUT2D eigenvalue weighted by Crippen LogP contribution is 2.39. The van der Waals surface area contributed by atoms with Crippen molar-refractivity contribution in [1.82, 2.24) is 0 Å². The van der Waals surface area contributed by atoms with Crippen molar-refractivity contribution in [3.05, 3.63) is 55.5 Å². The molecule has 0 radical (unpaired) electrons. The van der Waals surface area contributed by atoms with Gasteiger partial charge in [0.15, 0.2) is 0 Å². The minimum absolute atomic E-state index is 0.389. The first-order chi connectivity index (χ1) is 14.8. The Morgan fingerprint density at radius 3 is 0.938 bits per heavy atom. The topological polar surface area (TPSA) is 24.7 Å². The fraction of sp³-hybridized carbons (Fsp3) is 0.500. The van der Waals surface area contributed by atoms with E-state index in [4.69, 9.17) is 9.98 Å². The molecule has 0 bridgehead atoms. The standard InChI is InChI=1S/C28H38Br2N2/c1-15(2)23-11-21(29)12-24(16(3)4)27(23)31-19(9)20(10)32-28-25(17(5)6)13-22(30)14-26(28)18(7)8/h11-18H,1-10H3. The number of rotatable bonds is 7. The SMILES string of the molecule is CC(=Nc1c(C(C)C)cc(Br)cc1C(C)C)C(C)=Nc1c(C(C)C)cc(Br)cc1C(C)C. The van der Waals surface area contributed by atoms with Gasteiger partial charge in [-0.15, -0.1) is 0 Å². The van der Waals surface area contributed by atoms with E-state index in [0.29, 0.717) is 23.7 Å². The van der Waals surface area contributed by atoms with Crippen LogP contribution in [-0.2, 0) is 0 Å². The molecule has 0 amide bonds. The molecule has 0 aromatic heterocycles. The maximum atomic E-state index is 5.16. The van der Waals surface area contributed by atoms with E-state index in [1.165, 1.54) is 22.3 Å². The van der Waals surface area contributed by atoms with Crippen LogP contribution in [-0.4, -0.2) is 11.4 Å². The van der Waals surface area contributed by atoms with Crippen molar-refractivity contribution in [2.75, 3.05) is 0 Å². The Bertz CT molecular complexity index is 886. The van der Waals surface area contributed by atoms with Gasteiger partial charge in [-0.1, -0.05) is 87.2 Å². The molecule has 2 aromatic rings. The molecule has 2 rings (SSSR count). The second kappa shape index (κ2) is 11.2. The molecular weight excluding hydrogens is 524 g/mol. The normalized spacial score (nSPS) is 13.2. The van der Waals surface area contributed by atoms with Gasteiger partial charge in [0, 0.05) is 8.95 Å². The van der Waals surface area contributed by atoms with Crippen LogP contribution in [0.15, 0.2) is 43.2 Å². The highest BCUT2D eigenvalue weighted by atomic mass is 79.9. The van der Waals surface area contributed by atoms with Gasteiger partial charge < -0.3 is 0 Å². The molecule has 0 heterocycles. The van der Waals surface area contributed by atoms with Crippen molar-refractivity contribution in [2.24, 2.45) is 9.98 Å². The Hall–Kier alpha value is -1.26. The maximum absolute atomic E-state index is 5.16. The number of benzene rings is 2. The van der Waals surface area contributed by atoms with Crippen molar-refractivity contribution in [2.45, 2.75) is 92.9 Å². The third kappa shape index (κ3) is 6.41. The zero-order valence-electron chi connectivity index (χ0n) is 21.3. The van der Waals surface area contributed by atoms with E-state index < -0.39 is 0 Å². The van der Waals surface area contributed by atoms with Gasteiger partial charge in [0.25, 0.3) is 0 Å². The van der Waals surface area contributed by atoms with Crippen LogP contribution >= 0.6 is 31.9 Å². The molecule has 32 heavy (non-hydrogen) atoms. The average molecular weight is 562 g/mol. The summed E-state index contributed by atoms with van der Waals surface area (Å²) in [7, 11) is 0. The summed E-state index contributed by atoms with van der Waals surface area (Å²) >= 11 is 7.39. The zero-order chi connectivity index (χ0) is 24.3. The minimum atomic E-state index is 0.389. The summed E-state index contributed by atoms with van der Waals surface area (Å²) in [5.41, 5.74) is 9.18. The highest BCUT2D eigenvalue weighted by molar-refractivity contribution is 9.10. The summed E-state index contributed by atoms with van der Waals surface area (Å²) in [6.07, 6.45) is 0. The van der Waals surface area contributed by atoms with Crippen LogP contribution < -0.4 is 0 Å². The molecule has 2 aromatic carbocycles. The number of hydrogen-bond acceptors (Lipinski definition) is 2. The van der Waals surface area contributed by atoms with Crippen molar-refractivity contribution >= 4 is 54.7 Å². The van der Waals surface area contributed by atoms with Crippen LogP contribution in [0.4, 0.5) is 11.4 Å². The summed E-state index contributed by atoms with van der Waals surface area (Å²) in [5.74, 6) is 1.56. The largest absolute Gasteiger partial charge is 0.251 e. The lowest BCUT2D eigenvalue weighted by Crippen LogP contribution is -2.08. The predicted octanol–water partition coefficient (Wildman–Crippen LogP) is 10.6. The van der Waals surface area contributed by atoms with Crippen molar-refractivity contribution in [1.29, 1.82) is 0 Å². The summed E-state index contributed by atoms with van der Waals surface area (Å²) < 4.78 is 2.23. The van der Waals surface area contributed by atoms with E-state index in [-0.39, 0.29) is 0 Å². The lowest BCUT2D eigenvalue weighted by Gasteiger charge is -2.19. The average Bonchev–Trinajstić information content (AvgIpc) is 2.68. The molecule has 0 unspecified atom stereocenters. The van der Waals surface area contributed by atoms with Crippen LogP contribution in [0, 0.1) is 0 Å². The Labute approximate surface area is 212 Å². The summed E-state index contributed by atoms with van der Waals surface area (Å²) in [4.78, 5) is 10.3. The lowest BCUT2D eigenvalue weighted by molar-refractivity contribution is 0.832. The fourth-order valence-corrected chi connectivity index (χ4v) is 4.79. The van der Waals surface area contributed by atoms with Crippen molar-refractivity contribution < 1.29 is 0 Å². The molecule has 174 valence electrons. The van der Waals surface area contributed by atoms with Gasteiger partial charge in [-0.3, -0.25) is 9.98 Å². The first-order valence-corrected chi connectivity index (χ1v) is 13.2. The summed E-state index contributed by atoms with van der Waals surface area (Å²) in [5, 5.41) is 0. The van der Waals surface area contributed by atoms with E-state index in [1.54, 1.807) is 0 Å². The van der Waals surface area contributed by atoms with Gasteiger partial charge in [-0.25, -0.2) is 0 Å². The third-order valence-corrected chi connectivity index (χ3v) is 6.75. The van der Waals surface area contributed by atoms with Crippen molar-refractivity contribution in [3.63, 3.8) is 0 Å². The van der Waals surface area contributed by atoms with Gasteiger partial charge in [0.1, 0.15) is 0 Å². The molecule has 0 atom stereocenters. The molecular formula is C28H38Br2N2. The Kier molecular flexibility index (Phi) is 9.48. The van der Waals surface area contributed by atoms with E-state index in [9.17, 15) is 0 Å². The van der Waals surface area contributed by atoms with Gasteiger partial charge in [0.05, 0.1) is 22.8 Å². The molecule has 0 saturated carbocycles. The van der Waals surface area contributed by atoms with Gasteiger partial charge in [-0.05, 0) is 84.0 Å². The molecule has 2 nitrogen and oxygen atoms in total. The van der Waals surface area contributed by atoms with Crippen LogP contribution in [0.3, 0.4) is 0 Å². The number of halogens is 2. The fourth-order valence-electron chi connectivity index (χ4n) is 3.80. The third-order valence-electron chi connectivity index (χ3n) is 5.84. The van der Waals surface area contributed by atoms with Crippen molar-refractivity contribution in [3.8, 4) is 0 Å². The number of aliphatic imine (C=N–C) groups is 2. The summed E-state index contributed by atoms with van der Waals surface area (Å²) in [6.45, 7) is 22.0. The van der Waals surface area contributed by atoms with Gasteiger partial charge >= 0.3 is 0 Å². The predicted molar refractivity (Wildman–Crippen MR) is 150 cm³/mol. The molecule has 0 aliphatic carbocycles. The quantitative estimate of drug-likeness (QED) is 0.300. The van der Waals surface area contributed by atoms with E-state index >= 15 is 0 Å². The van der Waals surface area contributed by atoms with Gasteiger partial charge in [-0.2, -0.15) is 0 Å². The Balaban J connectivity index is 2.70. The van der Waals surface area contributed by atoms with E-state index in [2.05, 4.69) is 125 Å². The Morgan fingerprint density at radius 2 is 0.750 bits per heavy atom. The second-order valence-electron chi connectivity index (χ2n) is 9.88. The molecule has 0 N–H and O–H groups in total. The molecule has 4 heteroatoms. The smallest absolute Gasteiger partial charge is 0.0703 e. The molecule has 0 fully saturated rings. The monoisotopic (exact) mass is 560 g/mol. The lowest BCUT2D eigenvalue weighted by atomic mass is 9.92. The van der Waals surface area contributed by atoms with E-state index in [1.807, 2.05) is 0 Å². The summed E-state index contributed by atoms with van der Waals surface area (Å²) in [6, 6.07) is 8.82. The highest BCUT2D eigenvalue weighted by Gasteiger charge is 2.18. The van der Waals surface area contributed by atoms with Crippen LogP contribution in [0.25, 0.3) is 0 Å². The molecule has 0 saturated heterocycles. The Morgan fingerprint density at radius 1 is 0.531 bits per heavy atom. The van der Waals surface area contributed by atoms with Gasteiger partial charge in [0.2, 0.25) is 0 Å². The first kappa shape index (κ1) is 27.0. The van der Waals surface area contributed by atoms with E-state index in [0.717, 1.165) is 31.7 Å². The number of hydrogen-bond donors (Lipinski definition) is 0. The minimum Gasteiger partial charge on any atom is -0.251 e. The molecule has 0 aliphatic heterocycles. The second-order valence-corrected chi connectivity index (χ2v) is 11.7. The first-order valence-electron chi connectivity index (χ1n) is 11.6. The van der Waals surface area contributed by atoms with Crippen LogP contribution in [0.2, 0.25) is 0 Å². The van der Waals surface area contributed by atoms with Crippen LogP contribution in [0.1, 0.15) is 115 Å². The maximum Gasteiger partial charge on any atom is 0.0703 e. The molecule has 0 aliphatic rings. The zero-order valence-corrected chi connectivity index (χ0v) is 24.4. The van der Waals surface area contributed by atoms with Crippen LogP contribution in [0.5, 0.6) is 0 Å². The number of nitrogens with zero attached hydrogens (tertiary/aromatic N) is 2. The molecule has 0 spiro atoms.